The van der Waals surface area contributed by atoms with Gasteiger partial charge in [0.05, 0.1) is 5.56 Å². The van der Waals surface area contributed by atoms with Crippen LogP contribution in [0.1, 0.15) is 15.9 Å². The summed E-state index contributed by atoms with van der Waals surface area (Å²) < 4.78 is 0. The summed E-state index contributed by atoms with van der Waals surface area (Å²) >= 11 is 0. The molecule has 2 aromatic rings. The van der Waals surface area contributed by atoms with Crippen LogP contribution < -0.4 is 0 Å². The number of carbonyl (C=O) groups is 1. The van der Waals surface area contributed by atoms with E-state index in [1.165, 1.54) is 0 Å². The number of fused-ring (bicyclic) bond motifs is 1. The zero-order chi connectivity index (χ0) is 10.1. The first-order valence-corrected chi connectivity index (χ1v) is 4.41. The minimum absolute atomic E-state index is 0. The Morgan fingerprint density at radius 3 is 2.60 bits per heavy atom. The SMILES string of the molecule is Cc1cccc2ccc(C(=O)O)cc12.[GaH3]. The summed E-state index contributed by atoms with van der Waals surface area (Å²) in [6.45, 7) is 1.98. The van der Waals surface area contributed by atoms with Crippen molar-refractivity contribution in [1.82, 2.24) is 0 Å². The molecule has 1 N–H and O–H groups in total. The number of hydrogen-bond donors (Lipinski definition) is 1. The quantitative estimate of drug-likeness (QED) is 0.791. The average molecular weight is 259 g/mol. The maximum atomic E-state index is 10.8. The Balaban J connectivity index is 0.00000112. The van der Waals surface area contributed by atoms with Crippen molar-refractivity contribution in [3.63, 3.8) is 0 Å². The van der Waals surface area contributed by atoms with Gasteiger partial charge in [0, 0.05) is 0 Å². The van der Waals surface area contributed by atoms with Gasteiger partial charge in [-0.3, -0.25) is 0 Å². The average Bonchev–Trinajstić information content (AvgIpc) is 2.18. The van der Waals surface area contributed by atoms with E-state index < -0.39 is 5.97 Å². The van der Waals surface area contributed by atoms with E-state index in [0.29, 0.717) is 5.56 Å². The number of benzene rings is 2. The molecule has 0 aliphatic heterocycles. The van der Waals surface area contributed by atoms with E-state index in [0.717, 1.165) is 16.3 Å². The predicted octanol–water partition coefficient (Wildman–Crippen LogP) is 1.66. The van der Waals surface area contributed by atoms with Gasteiger partial charge in [-0.15, -0.1) is 0 Å². The first-order valence-electron chi connectivity index (χ1n) is 4.41. The summed E-state index contributed by atoms with van der Waals surface area (Å²) in [7, 11) is 0. The van der Waals surface area contributed by atoms with E-state index in [1.54, 1.807) is 12.1 Å². The number of aromatic carboxylic acids is 1. The van der Waals surface area contributed by atoms with Crippen LogP contribution in [0.15, 0.2) is 36.4 Å². The first kappa shape index (κ1) is 11.9. The molecule has 0 atom stereocenters. The second-order valence-corrected chi connectivity index (χ2v) is 3.32. The first-order chi connectivity index (χ1) is 6.68. The van der Waals surface area contributed by atoms with Crippen molar-refractivity contribution in [1.29, 1.82) is 0 Å². The van der Waals surface area contributed by atoms with E-state index in [4.69, 9.17) is 5.11 Å². The van der Waals surface area contributed by atoms with Crippen molar-refractivity contribution in [2.45, 2.75) is 6.92 Å². The molecule has 0 spiro atoms. The number of carboxylic acids is 1. The molecule has 0 saturated heterocycles. The zero-order valence-electron chi connectivity index (χ0n) is 7.82. The Morgan fingerprint density at radius 1 is 1.20 bits per heavy atom. The molecule has 2 aromatic carbocycles. The fourth-order valence-corrected chi connectivity index (χ4v) is 1.56. The molecule has 0 fully saturated rings. The van der Waals surface area contributed by atoms with Crippen LogP contribution in [-0.2, 0) is 0 Å². The summed E-state index contributed by atoms with van der Waals surface area (Å²) in [5.74, 6) is -0.879. The van der Waals surface area contributed by atoms with E-state index in [-0.39, 0.29) is 19.8 Å². The van der Waals surface area contributed by atoms with Crippen molar-refractivity contribution >= 4 is 36.5 Å². The van der Waals surface area contributed by atoms with Crippen LogP contribution in [0.2, 0.25) is 0 Å². The van der Waals surface area contributed by atoms with Crippen LogP contribution in [0.4, 0.5) is 0 Å². The molecule has 15 heavy (non-hydrogen) atoms. The third kappa shape index (κ3) is 2.25. The molecule has 2 rings (SSSR count). The van der Waals surface area contributed by atoms with Crippen molar-refractivity contribution in [3.05, 3.63) is 47.5 Å². The zero-order valence-corrected chi connectivity index (χ0v) is 7.82. The Hall–Kier alpha value is -1.19. The van der Waals surface area contributed by atoms with Crippen LogP contribution in [-0.4, -0.2) is 30.9 Å². The van der Waals surface area contributed by atoms with Crippen LogP contribution >= 0.6 is 0 Å². The van der Waals surface area contributed by atoms with Crippen LogP contribution in [0.5, 0.6) is 0 Å². The Bertz CT molecular complexity index is 506. The minimum atomic E-state index is -0.879. The van der Waals surface area contributed by atoms with Crippen LogP contribution in [0, 0.1) is 6.92 Å². The van der Waals surface area contributed by atoms with Crippen molar-refractivity contribution < 1.29 is 9.90 Å². The molecule has 0 amide bonds. The van der Waals surface area contributed by atoms with Crippen molar-refractivity contribution in [2.75, 3.05) is 0 Å². The fourth-order valence-electron chi connectivity index (χ4n) is 1.56. The normalized spacial score (nSPS) is 9.67. The molecular weight excluding hydrogens is 246 g/mol. The van der Waals surface area contributed by atoms with Crippen LogP contribution in [0.25, 0.3) is 10.8 Å². The van der Waals surface area contributed by atoms with Gasteiger partial charge in [0.1, 0.15) is 0 Å². The number of hydrogen-bond acceptors (Lipinski definition) is 1. The monoisotopic (exact) mass is 258 g/mol. The maximum absolute atomic E-state index is 10.8. The molecule has 0 aliphatic rings. The molecule has 0 aliphatic carbocycles. The van der Waals surface area contributed by atoms with Gasteiger partial charge in [-0.2, -0.15) is 0 Å². The number of rotatable bonds is 1. The van der Waals surface area contributed by atoms with E-state index in [1.807, 2.05) is 31.2 Å². The van der Waals surface area contributed by atoms with Gasteiger partial charge in [-0.05, 0) is 35.4 Å². The molecule has 0 unspecified atom stereocenters. The summed E-state index contributed by atoms with van der Waals surface area (Å²) in [6, 6.07) is 11.1. The molecule has 0 aromatic heterocycles. The molecule has 0 saturated carbocycles. The third-order valence-corrected chi connectivity index (χ3v) is 2.35. The summed E-state index contributed by atoms with van der Waals surface area (Å²) in [5, 5.41) is 10.9. The third-order valence-electron chi connectivity index (χ3n) is 2.35. The predicted molar refractivity (Wildman–Crippen MR) is 65.6 cm³/mol. The Labute approximate surface area is 101 Å². The number of carboxylic acid groups (broad SMARTS) is 1. The molecule has 3 heteroatoms. The van der Waals surface area contributed by atoms with Gasteiger partial charge in [-0.1, -0.05) is 24.3 Å². The van der Waals surface area contributed by atoms with Gasteiger partial charge in [0.15, 0.2) is 0 Å². The van der Waals surface area contributed by atoms with Crippen molar-refractivity contribution in [2.24, 2.45) is 0 Å². The molecule has 0 heterocycles. The molecule has 0 bridgehead atoms. The van der Waals surface area contributed by atoms with Gasteiger partial charge >= 0.3 is 25.8 Å². The van der Waals surface area contributed by atoms with Crippen molar-refractivity contribution in [3.8, 4) is 0 Å². The molecule has 0 radical (unpaired) electrons. The van der Waals surface area contributed by atoms with Gasteiger partial charge < -0.3 is 5.11 Å². The number of aryl methyl sites for hydroxylation is 1. The standard InChI is InChI=1S/C12H10O2.Ga.3H/c1-8-3-2-4-9-5-6-10(12(13)14)7-11(8)9;;;;/h2-7H,1H3,(H,13,14);;;;. The van der Waals surface area contributed by atoms with Gasteiger partial charge in [0.25, 0.3) is 0 Å². The second kappa shape index (κ2) is 4.55. The summed E-state index contributed by atoms with van der Waals surface area (Å²) in [4.78, 5) is 10.8. The van der Waals surface area contributed by atoms with Gasteiger partial charge in [-0.25, -0.2) is 4.79 Å². The summed E-state index contributed by atoms with van der Waals surface area (Å²) in [6.07, 6.45) is 0. The topological polar surface area (TPSA) is 37.3 Å². The second-order valence-electron chi connectivity index (χ2n) is 3.32. The van der Waals surface area contributed by atoms with Gasteiger partial charge in [0.2, 0.25) is 0 Å². The molecule has 2 nitrogen and oxygen atoms in total. The summed E-state index contributed by atoms with van der Waals surface area (Å²) in [5.41, 5.74) is 1.44. The Morgan fingerprint density at radius 2 is 1.93 bits per heavy atom. The molecule has 76 valence electrons. The van der Waals surface area contributed by atoms with E-state index in [2.05, 4.69) is 0 Å². The van der Waals surface area contributed by atoms with E-state index in [9.17, 15) is 4.79 Å². The fraction of sp³-hybridized carbons (Fsp3) is 0.0833. The Kier molecular flexibility index (Phi) is 3.60. The van der Waals surface area contributed by atoms with Crippen LogP contribution in [0.3, 0.4) is 0 Å². The molecular formula is C12H13GaO2. The van der Waals surface area contributed by atoms with E-state index >= 15 is 0 Å².